The van der Waals surface area contributed by atoms with Crippen molar-refractivity contribution in [1.29, 1.82) is 5.26 Å². The summed E-state index contributed by atoms with van der Waals surface area (Å²) in [5.74, 6) is 0.504. The van der Waals surface area contributed by atoms with Crippen molar-refractivity contribution >= 4 is 5.95 Å². The van der Waals surface area contributed by atoms with Crippen LogP contribution in [-0.2, 0) is 4.74 Å². The molecule has 1 N–H and O–H groups in total. The van der Waals surface area contributed by atoms with E-state index >= 15 is 0 Å². The number of nitrogens with zero attached hydrogens (tertiary/aromatic N) is 3. The van der Waals surface area contributed by atoms with Gasteiger partial charge in [-0.05, 0) is 18.9 Å². The number of aromatic nitrogens is 2. The standard InChI is InChI=1S/C10H12N4O/c11-6-8-3-4-12-10(13-8)14-9-2-1-5-15-7-9/h3-4,9H,1-2,5,7H2,(H,12,13,14). The van der Waals surface area contributed by atoms with Gasteiger partial charge in [0.15, 0.2) is 0 Å². The second-order valence-corrected chi connectivity index (χ2v) is 3.44. The van der Waals surface area contributed by atoms with Gasteiger partial charge in [-0.3, -0.25) is 0 Å². The minimum Gasteiger partial charge on any atom is -0.379 e. The molecule has 0 amide bonds. The van der Waals surface area contributed by atoms with E-state index in [1.54, 1.807) is 12.3 Å². The summed E-state index contributed by atoms with van der Waals surface area (Å²) >= 11 is 0. The lowest BCUT2D eigenvalue weighted by Crippen LogP contribution is -2.30. The molecule has 1 atom stereocenters. The van der Waals surface area contributed by atoms with E-state index in [0.29, 0.717) is 18.2 Å². The first-order chi connectivity index (χ1) is 7.38. The van der Waals surface area contributed by atoms with E-state index in [0.717, 1.165) is 19.4 Å². The van der Waals surface area contributed by atoms with E-state index in [9.17, 15) is 0 Å². The number of nitrogens with one attached hydrogen (secondary N) is 1. The van der Waals surface area contributed by atoms with E-state index in [1.807, 2.05) is 6.07 Å². The molecule has 15 heavy (non-hydrogen) atoms. The van der Waals surface area contributed by atoms with Crippen LogP contribution in [0, 0.1) is 11.3 Å². The van der Waals surface area contributed by atoms with E-state index < -0.39 is 0 Å². The molecule has 2 heterocycles. The summed E-state index contributed by atoms with van der Waals surface area (Å²) in [6, 6.07) is 3.83. The SMILES string of the molecule is N#Cc1ccnc(NC2CCCOC2)n1. The highest BCUT2D eigenvalue weighted by molar-refractivity contribution is 5.31. The molecule has 0 aliphatic carbocycles. The smallest absolute Gasteiger partial charge is 0.224 e. The van der Waals surface area contributed by atoms with E-state index in [-0.39, 0.29) is 6.04 Å². The molecule has 1 saturated heterocycles. The molecule has 0 radical (unpaired) electrons. The van der Waals surface area contributed by atoms with Crippen molar-refractivity contribution in [2.75, 3.05) is 18.5 Å². The molecule has 1 aromatic rings. The van der Waals surface area contributed by atoms with Gasteiger partial charge in [0.2, 0.25) is 5.95 Å². The minimum atomic E-state index is 0.257. The monoisotopic (exact) mass is 204 g/mol. The molecular weight excluding hydrogens is 192 g/mol. The van der Waals surface area contributed by atoms with Crippen LogP contribution in [0.4, 0.5) is 5.95 Å². The summed E-state index contributed by atoms with van der Waals surface area (Å²) in [6.07, 6.45) is 3.69. The Labute approximate surface area is 88.1 Å². The second kappa shape index (κ2) is 4.71. The highest BCUT2D eigenvalue weighted by atomic mass is 16.5. The average molecular weight is 204 g/mol. The van der Waals surface area contributed by atoms with E-state index in [2.05, 4.69) is 15.3 Å². The molecule has 1 unspecified atom stereocenters. The zero-order valence-electron chi connectivity index (χ0n) is 8.31. The Morgan fingerprint density at radius 1 is 1.60 bits per heavy atom. The summed E-state index contributed by atoms with van der Waals surface area (Å²) < 4.78 is 5.33. The van der Waals surface area contributed by atoms with E-state index in [4.69, 9.17) is 10.00 Å². The average Bonchev–Trinajstić information content (AvgIpc) is 2.31. The Balaban J connectivity index is 2.00. The molecule has 5 heteroatoms. The third-order valence-electron chi connectivity index (χ3n) is 2.26. The number of hydrogen-bond donors (Lipinski definition) is 1. The molecular formula is C10H12N4O. The third kappa shape index (κ3) is 2.64. The first-order valence-electron chi connectivity index (χ1n) is 4.96. The molecule has 5 nitrogen and oxygen atoms in total. The van der Waals surface area contributed by atoms with Crippen molar-refractivity contribution in [3.05, 3.63) is 18.0 Å². The number of hydrogen-bond acceptors (Lipinski definition) is 5. The zero-order chi connectivity index (χ0) is 10.5. The molecule has 2 rings (SSSR count). The Morgan fingerprint density at radius 3 is 3.27 bits per heavy atom. The Bertz CT molecular complexity index is 368. The largest absolute Gasteiger partial charge is 0.379 e. The molecule has 1 fully saturated rings. The molecule has 0 spiro atoms. The molecule has 0 aromatic carbocycles. The van der Waals surface area contributed by atoms with Crippen LogP contribution in [0.1, 0.15) is 18.5 Å². The van der Waals surface area contributed by atoms with Gasteiger partial charge in [0.05, 0.1) is 12.6 Å². The van der Waals surface area contributed by atoms with Crippen LogP contribution in [0.15, 0.2) is 12.3 Å². The number of rotatable bonds is 2. The van der Waals surface area contributed by atoms with E-state index in [1.165, 1.54) is 0 Å². The summed E-state index contributed by atoms with van der Waals surface area (Å²) in [5.41, 5.74) is 0.379. The Kier molecular flexibility index (Phi) is 3.10. The van der Waals surface area contributed by atoms with Gasteiger partial charge in [0.1, 0.15) is 11.8 Å². The predicted octanol–water partition coefficient (Wildman–Crippen LogP) is 0.939. The van der Waals surface area contributed by atoms with Crippen LogP contribution in [0.2, 0.25) is 0 Å². The molecule has 78 valence electrons. The number of ether oxygens (including phenoxy) is 1. The van der Waals surface area contributed by atoms with Gasteiger partial charge >= 0.3 is 0 Å². The third-order valence-corrected chi connectivity index (χ3v) is 2.26. The summed E-state index contributed by atoms with van der Waals surface area (Å²) in [7, 11) is 0. The molecule has 0 saturated carbocycles. The zero-order valence-corrected chi connectivity index (χ0v) is 8.31. The minimum absolute atomic E-state index is 0.257. The quantitative estimate of drug-likeness (QED) is 0.776. The van der Waals surface area contributed by atoms with Crippen LogP contribution >= 0.6 is 0 Å². The Morgan fingerprint density at radius 2 is 2.53 bits per heavy atom. The van der Waals surface area contributed by atoms with Crippen LogP contribution in [0.3, 0.4) is 0 Å². The van der Waals surface area contributed by atoms with Crippen molar-refractivity contribution in [2.24, 2.45) is 0 Å². The van der Waals surface area contributed by atoms with Crippen molar-refractivity contribution in [3.63, 3.8) is 0 Å². The van der Waals surface area contributed by atoms with Gasteiger partial charge in [0, 0.05) is 12.8 Å². The van der Waals surface area contributed by atoms with Gasteiger partial charge in [0.25, 0.3) is 0 Å². The lowest BCUT2D eigenvalue weighted by atomic mass is 10.1. The molecule has 0 bridgehead atoms. The maximum atomic E-state index is 8.68. The van der Waals surface area contributed by atoms with Gasteiger partial charge in [-0.2, -0.15) is 5.26 Å². The van der Waals surface area contributed by atoms with Crippen LogP contribution < -0.4 is 5.32 Å². The highest BCUT2D eigenvalue weighted by Gasteiger charge is 2.14. The van der Waals surface area contributed by atoms with Crippen molar-refractivity contribution in [1.82, 2.24) is 9.97 Å². The summed E-state index contributed by atoms with van der Waals surface area (Å²) in [5, 5.41) is 11.8. The maximum absolute atomic E-state index is 8.68. The predicted molar refractivity (Wildman–Crippen MR) is 54.2 cm³/mol. The second-order valence-electron chi connectivity index (χ2n) is 3.44. The van der Waals surface area contributed by atoms with Crippen LogP contribution in [0.25, 0.3) is 0 Å². The van der Waals surface area contributed by atoms with Crippen molar-refractivity contribution in [2.45, 2.75) is 18.9 Å². The molecule has 1 aliphatic rings. The fourth-order valence-electron chi connectivity index (χ4n) is 1.53. The van der Waals surface area contributed by atoms with Gasteiger partial charge in [-0.25, -0.2) is 9.97 Å². The number of nitriles is 1. The highest BCUT2D eigenvalue weighted by Crippen LogP contribution is 2.10. The Hall–Kier alpha value is -1.67. The summed E-state index contributed by atoms with van der Waals surface area (Å²) in [6.45, 7) is 1.51. The topological polar surface area (TPSA) is 70.8 Å². The lowest BCUT2D eigenvalue weighted by molar-refractivity contribution is 0.0874. The van der Waals surface area contributed by atoms with Gasteiger partial charge in [-0.15, -0.1) is 0 Å². The fourth-order valence-corrected chi connectivity index (χ4v) is 1.53. The maximum Gasteiger partial charge on any atom is 0.224 e. The van der Waals surface area contributed by atoms with Gasteiger partial charge < -0.3 is 10.1 Å². The molecule has 1 aromatic heterocycles. The summed E-state index contributed by atoms with van der Waals surface area (Å²) in [4.78, 5) is 8.10. The fraction of sp³-hybridized carbons (Fsp3) is 0.500. The van der Waals surface area contributed by atoms with Crippen molar-refractivity contribution in [3.8, 4) is 6.07 Å². The first kappa shape index (κ1) is 9.87. The van der Waals surface area contributed by atoms with Crippen molar-refractivity contribution < 1.29 is 4.74 Å². The van der Waals surface area contributed by atoms with Crippen LogP contribution in [0.5, 0.6) is 0 Å². The van der Waals surface area contributed by atoms with Crippen LogP contribution in [-0.4, -0.2) is 29.2 Å². The number of anilines is 1. The molecule has 1 aliphatic heterocycles. The van der Waals surface area contributed by atoms with Gasteiger partial charge in [-0.1, -0.05) is 0 Å². The first-order valence-corrected chi connectivity index (χ1v) is 4.96. The normalized spacial score (nSPS) is 20.6. The lowest BCUT2D eigenvalue weighted by Gasteiger charge is -2.22.